The fourth-order valence-electron chi connectivity index (χ4n) is 8.44. The lowest BCUT2D eigenvalue weighted by Gasteiger charge is -2.39. The highest BCUT2D eigenvalue weighted by Crippen LogP contribution is 2.63. The van der Waals surface area contributed by atoms with E-state index in [0.29, 0.717) is 0 Å². The van der Waals surface area contributed by atoms with Gasteiger partial charge in [-0.25, -0.2) is 9.97 Å². The molecule has 0 N–H and O–H groups in total. The van der Waals surface area contributed by atoms with Crippen LogP contribution >= 0.6 is 11.3 Å². The molecule has 0 atom stereocenters. The molecule has 7 aromatic carbocycles. The van der Waals surface area contributed by atoms with Gasteiger partial charge >= 0.3 is 0 Å². The van der Waals surface area contributed by atoms with Gasteiger partial charge in [0.1, 0.15) is 11.5 Å². The molecule has 3 heterocycles. The van der Waals surface area contributed by atoms with E-state index in [2.05, 4.69) is 146 Å². The van der Waals surface area contributed by atoms with Crippen LogP contribution in [0, 0.1) is 0 Å². The quantitative estimate of drug-likeness (QED) is 0.188. The lowest BCUT2D eigenvalue weighted by Crippen LogP contribution is -2.32. The summed E-state index contributed by atoms with van der Waals surface area (Å²) >= 11 is 1.86. The Morgan fingerprint density at radius 2 is 1.04 bits per heavy atom. The van der Waals surface area contributed by atoms with Crippen LogP contribution in [-0.2, 0) is 5.41 Å². The molecular formula is C47H28N2OS. The normalized spacial score (nSPS) is 13.4. The van der Waals surface area contributed by atoms with Crippen LogP contribution in [0.4, 0.5) is 0 Å². The number of para-hydroxylation sites is 2. The second-order valence-electron chi connectivity index (χ2n) is 13.3. The van der Waals surface area contributed by atoms with Crippen LogP contribution in [0.25, 0.3) is 65.2 Å². The van der Waals surface area contributed by atoms with Gasteiger partial charge in [-0.1, -0.05) is 133 Å². The minimum Gasteiger partial charge on any atom is -0.457 e. The minimum atomic E-state index is -0.501. The Morgan fingerprint density at radius 3 is 1.76 bits per heavy atom. The number of benzene rings is 7. The number of hydrogen-bond donors (Lipinski definition) is 0. The van der Waals surface area contributed by atoms with E-state index >= 15 is 0 Å². The lowest BCUT2D eigenvalue weighted by molar-refractivity contribution is 0.436. The van der Waals surface area contributed by atoms with E-state index in [9.17, 15) is 0 Å². The Bertz CT molecular complexity index is 2740. The van der Waals surface area contributed by atoms with E-state index in [1.165, 1.54) is 53.6 Å². The van der Waals surface area contributed by atoms with Crippen molar-refractivity contribution in [2.45, 2.75) is 5.41 Å². The summed E-state index contributed by atoms with van der Waals surface area (Å²) in [6.07, 6.45) is 0. The molecule has 1 aliphatic carbocycles. The smallest absolute Gasteiger partial charge is 0.160 e. The van der Waals surface area contributed by atoms with Crippen LogP contribution in [0.5, 0.6) is 11.5 Å². The van der Waals surface area contributed by atoms with E-state index in [0.717, 1.165) is 45.4 Å². The van der Waals surface area contributed by atoms with Crippen molar-refractivity contribution in [1.82, 2.24) is 9.97 Å². The van der Waals surface area contributed by atoms with Crippen molar-refractivity contribution in [2.24, 2.45) is 0 Å². The highest BCUT2D eigenvalue weighted by atomic mass is 32.1. The largest absolute Gasteiger partial charge is 0.457 e. The van der Waals surface area contributed by atoms with Crippen molar-refractivity contribution < 1.29 is 4.74 Å². The van der Waals surface area contributed by atoms with Gasteiger partial charge in [-0.2, -0.15) is 0 Å². The summed E-state index contributed by atoms with van der Waals surface area (Å²) in [7, 11) is 0. The maximum atomic E-state index is 6.57. The fraction of sp³-hybridized carbons (Fsp3) is 0.0213. The molecule has 0 radical (unpaired) electrons. The Hall–Kier alpha value is -6.36. The molecule has 1 spiro atoms. The van der Waals surface area contributed by atoms with E-state index in [1.54, 1.807) is 0 Å². The van der Waals surface area contributed by atoms with Crippen LogP contribution in [0.1, 0.15) is 22.3 Å². The average Bonchev–Trinajstić information content (AvgIpc) is 3.72. The highest BCUT2D eigenvalue weighted by molar-refractivity contribution is 7.26. The molecule has 11 rings (SSSR count). The number of fused-ring (bicyclic) bond motifs is 13. The van der Waals surface area contributed by atoms with Gasteiger partial charge in [0.2, 0.25) is 0 Å². The average molecular weight is 669 g/mol. The van der Waals surface area contributed by atoms with Gasteiger partial charge < -0.3 is 4.74 Å². The molecule has 2 aromatic heterocycles. The number of rotatable bonds is 3. The molecular weight excluding hydrogens is 641 g/mol. The molecule has 0 bridgehead atoms. The number of aromatic nitrogens is 2. The molecule has 0 saturated heterocycles. The van der Waals surface area contributed by atoms with Gasteiger partial charge in [-0.15, -0.1) is 11.3 Å². The van der Waals surface area contributed by atoms with Crippen molar-refractivity contribution in [3.63, 3.8) is 0 Å². The van der Waals surface area contributed by atoms with Gasteiger partial charge in [0.05, 0.1) is 16.8 Å². The molecule has 4 heteroatoms. The molecule has 3 nitrogen and oxygen atoms in total. The predicted octanol–water partition coefficient (Wildman–Crippen LogP) is 12.3. The highest BCUT2D eigenvalue weighted by Gasteiger charge is 2.51. The maximum Gasteiger partial charge on any atom is 0.160 e. The molecule has 0 amide bonds. The van der Waals surface area contributed by atoms with Gasteiger partial charge in [0.15, 0.2) is 5.82 Å². The fourth-order valence-corrected chi connectivity index (χ4v) is 9.53. The lowest BCUT2D eigenvalue weighted by atomic mass is 9.66. The van der Waals surface area contributed by atoms with E-state index in [1.807, 2.05) is 35.6 Å². The Labute approximate surface area is 299 Å². The third kappa shape index (κ3) is 4.05. The number of thiophene rings is 1. The maximum absolute atomic E-state index is 6.57. The van der Waals surface area contributed by atoms with Crippen molar-refractivity contribution in [3.8, 4) is 56.5 Å². The minimum absolute atomic E-state index is 0.501. The summed E-state index contributed by atoms with van der Waals surface area (Å²) in [5.74, 6) is 2.53. The zero-order chi connectivity index (χ0) is 33.5. The van der Waals surface area contributed by atoms with Crippen molar-refractivity contribution in [2.75, 3.05) is 0 Å². The van der Waals surface area contributed by atoms with Crippen LogP contribution in [0.15, 0.2) is 170 Å². The number of ether oxygens (including phenoxy) is 1. The standard InChI is InChI=1S/C47H28N2OS/c1-3-13-29(14-4-1)38-28-39(49-46(48-38)30-15-5-2-6-16-30)31-23-25-42-33(27-31)45-43(51-42)26-24-37-44(45)32-17-7-8-18-34(32)47(37)35-19-9-11-21-40(35)50-41-22-12-10-20-36(41)47/h1-28H. The Kier molecular flexibility index (Phi) is 6.04. The molecule has 0 unspecified atom stereocenters. The van der Waals surface area contributed by atoms with Gasteiger partial charge in [0, 0.05) is 48.0 Å². The molecule has 238 valence electrons. The predicted molar refractivity (Wildman–Crippen MR) is 209 cm³/mol. The first-order chi connectivity index (χ1) is 25.3. The summed E-state index contributed by atoms with van der Waals surface area (Å²) in [5.41, 5.74) is 12.0. The van der Waals surface area contributed by atoms with Crippen molar-refractivity contribution in [3.05, 3.63) is 192 Å². The topological polar surface area (TPSA) is 35.0 Å². The Morgan fingerprint density at radius 1 is 0.451 bits per heavy atom. The first-order valence-electron chi connectivity index (χ1n) is 17.2. The summed E-state index contributed by atoms with van der Waals surface area (Å²) < 4.78 is 9.11. The summed E-state index contributed by atoms with van der Waals surface area (Å²) in [6, 6.07) is 60.4. The third-order valence-corrected chi connectivity index (χ3v) is 11.7. The summed E-state index contributed by atoms with van der Waals surface area (Å²) in [6.45, 7) is 0. The molecule has 9 aromatic rings. The van der Waals surface area contributed by atoms with Crippen molar-refractivity contribution in [1.29, 1.82) is 0 Å². The monoisotopic (exact) mass is 668 g/mol. The van der Waals surface area contributed by atoms with E-state index in [4.69, 9.17) is 14.7 Å². The third-order valence-electron chi connectivity index (χ3n) is 10.6. The molecule has 0 saturated carbocycles. The van der Waals surface area contributed by atoms with Crippen LogP contribution in [-0.4, -0.2) is 9.97 Å². The molecule has 1 aliphatic heterocycles. The molecule has 51 heavy (non-hydrogen) atoms. The SMILES string of the molecule is c1ccc(-c2cc(-c3ccc4sc5ccc6c(c5c4c3)-c3ccccc3C63c4ccccc4Oc4ccccc43)nc(-c3ccccc3)n2)cc1. The van der Waals surface area contributed by atoms with Gasteiger partial charge in [0.25, 0.3) is 0 Å². The first kappa shape index (κ1) is 28.5. The molecule has 2 aliphatic rings. The first-order valence-corrected chi connectivity index (χ1v) is 18.1. The van der Waals surface area contributed by atoms with E-state index < -0.39 is 5.41 Å². The molecule has 0 fully saturated rings. The Balaban J connectivity index is 1.19. The van der Waals surface area contributed by atoms with Gasteiger partial charge in [-0.3, -0.25) is 0 Å². The van der Waals surface area contributed by atoms with Crippen LogP contribution in [0.3, 0.4) is 0 Å². The zero-order valence-corrected chi connectivity index (χ0v) is 28.2. The number of hydrogen-bond acceptors (Lipinski definition) is 4. The second-order valence-corrected chi connectivity index (χ2v) is 14.3. The van der Waals surface area contributed by atoms with Gasteiger partial charge in [-0.05, 0) is 58.7 Å². The van der Waals surface area contributed by atoms with E-state index in [-0.39, 0.29) is 0 Å². The van der Waals surface area contributed by atoms with Crippen molar-refractivity contribution >= 4 is 31.5 Å². The second kappa shape index (κ2) is 10.8. The van der Waals surface area contributed by atoms with Crippen LogP contribution < -0.4 is 4.74 Å². The zero-order valence-electron chi connectivity index (χ0n) is 27.4. The van der Waals surface area contributed by atoms with Crippen LogP contribution in [0.2, 0.25) is 0 Å². The summed E-state index contributed by atoms with van der Waals surface area (Å²) in [4.78, 5) is 10.2. The number of nitrogens with zero attached hydrogens (tertiary/aromatic N) is 2. The summed E-state index contributed by atoms with van der Waals surface area (Å²) in [5, 5.41) is 2.53.